The molecule has 2 aromatic heterocycles. The van der Waals surface area contributed by atoms with Crippen molar-refractivity contribution in [2.24, 2.45) is 0 Å². The van der Waals surface area contributed by atoms with Crippen molar-refractivity contribution >= 4 is 16.9 Å². The number of aromatic nitrogens is 3. The van der Waals surface area contributed by atoms with E-state index in [2.05, 4.69) is 32.0 Å². The van der Waals surface area contributed by atoms with Crippen LogP contribution in [0.3, 0.4) is 0 Å². The van der Waals surface area contributed by atoms with Crippen molar-refractivity contribution in [2.75, 3.05) is 25.1 Å². The van der Waals surface area contributed by atoms with E-state index in [1.54, 1.807) is 19.4 Å². The predicted octanol–water partition coefficient (Wildman–Crippen LogP) is 3.01. The van der Waals surface area contributed by atoms with Crippen molar-refractivity contribution < 1.29 is 9.47 Å². The number of benzene rings is 1. The van der Waals surface area contributed by atoms with Crippen LogP contribution in [0.5, 0.6) is 11.6 Å². The summed E-state index contributed by atoms with van der Waals surface area (Å²) in [7, 11) is 1.62. The van der Waals surface area contributed by atoms with E-state index in [-0.39, 0.29) is 6.10 Å². The van der Waals surface area contributed by atoms with Crippen LogP contribution in [0.4, 0.5) is 5.95 Å². The maximum atomic E-state index is 6.24. The van der Waals surface area contributed by atoms with E-state index in [1.807, 2.05) is 18.3 Å². The number of hydrogen-bond donors (Lipinski definition) is 1. The predicted molar refractivity (Wildman–Crippen MR) is 92.7 cm³/mol. The van der Waals surface area contributed by atoms with Crippen molar-refractivity contribution in [3.8, 4) is 11.6 Å². The Morgan fingerprint density at radius 2 is 2.04 bits per heavy atom. The van der Waals surface area contributed by atoms with Gasteiger partial charge in [0.15, 0.2) is 0 Å². The molecule has 0 radical (unpaired) electrons. The second kappa shape index (κ2) is 6.39. The fourth-order valence-corrected chi connectivity index (χ4v) is 3.11. The van der Waals surface area contributed by atoms with Gasteiger partial charge in [-0.05, 0) is 18.2 Å². The number of rotatable bonds is 4. The topological polar surface area (TPSA) is 63.3 Å². The molecule has 124 valence electrons. The van der Waals surface area contributed by atoms with E-state index in [1.165, 1.54) is 0 Å². The van der Waals surface area contributed by atoms with Gasteiger partial charge in [-0.2, -0.15) is 4.98 Å². The molecule has 0 saturated carbocycles. The van der Waals surface area contributed by atoms with Crippen molar-refractivity contribution in [1.29, 1.82) is 0 Å². The summed E-state index contributed by atoms with van der Waals surface area (Å²) in [5.41, 5.74) is 1.11. The maximum Gasteiger partial charge on any atom is 0.228 e. The van der Waals surface area contributed by atoms with Gasteiger partial charge >= 0.3 is 0 Å². The Bertz CT molecular complexity index is 825. The molecule has 1 aliphatic rings. The van der Waals surface area contributed by atoms with Crippen LogP contribution in [-0.4, -0.2) is 41.3 Å². The lowest BCUT2D eigenvalue weighted by Crippen LogP contribution is -2.39. The van der Waals surface area contributed by atoms with Gasteiger partial charge in [-0.1, -0.05) is 6.07 Å². The van der Waals surface area contributed by atoms with Crippen molar-refractivity contribution in [3.63, 3.8) is 0 Å². The van der Waals surface area contributed by atoms with Crippen LogP contribution < -0.4 is 14.4 Å². The SMILES string of the molecule is COc1ccnc(N2CCC(Oc3cccc4[nH]ccc34)CC2)n1. The molecule has 0 atom stereocenters. The molecule has 3 aromatic rings. The first-order valence-electron chi connectivity index (χ1n) is 8.18. The van der Waals surface area contributed by atoms with Gasteiger partial charge in [-0.15, -0.1) is 0 Å². The molecule has 3 heterocycles. The number of H-pyrrole nitrogens is 1. The summed E-state index contributed by atoms with van der Waals surface area (Å²) >= 11 is 0. The smallest absolute Gasteiger partial charge is 0.228 e. The third-order valence-electron chi connectivity index (χ3n) is 4.40. The second-order valence-corrected chi connectivity index (χ2v) is 5.90. The molecule has 1 aromatic carbocycles. The number of nitrogens with one attached hydrogen (secondary N) is 1. The summed E-state index contributed by atoms with van der Waals surface area (Å²) in [5, 5.41) is 1.14. The normalized spacial score (nSPS) is 15.6. The maximum absolute atomic E-state index is 6.24. The lowest BCUT2D eigenvalue weighted by molar-refractivity contribution is 0.172. The summed E-state index contributed by atoms with van der Waals surface area (Å²) < 4.78 is 11.4. The largest absolute Gasteiger partial charge is 0.490 e. The van der Waals surface area contributed by atoms with Crippen LogP contribution in [0.1, 0.15) is 12.8 Å². The zero-order valence-electron chi connectivity index (χ0n) is 13.6. The minimum atomic E-state index is 0.215. The summed E-state index contributed by atoms with van der Waals surface area (Å²) in [6, 6.07) is 9.94. The Hall–Kier alpha value is -2.76. The highest BCUT2D eigenvalue weighted by Gasteiger charge is 2.23. The molecule has 0 unspecified atom stereocenters. The number of methoxy groups -OCH3 is 1. The highest BCUT2D eigenvalue weighted by atomic mass is 16.5. The van der Waals surface area contributed by atoms with Crippen molar-refractivity contribution in [2.45, 2.75) is 18.9 Å². The first kappa shape index (κ1) is 14.8. The molecule has 0 bridgehead atoms. The quantitative estimate of drug-likeness (QED) is 0.799. The average molecular weight is 324 g/mol. The zero-order valence-corrected chi connectivity index (χ0v) is 13.6. The number of ether oxygens (including phenoxy) is 2. The number of fused-ring (bicyclic) bond motifs is 1. The molecule has 0 aliphatic carbocycles. The van der Waals surface area contributed by atoms with Crippen LogP contribution in [0.15, 0.2) is 42.7 Å². The van der Waals surface area contributed by atoms with E-state index in [9.17, 15) is 0 Å². The first-order valence-corrected chi connectivity index (χ1v) is 8.18. The van der Waals surface area contributed by atoms with Gasteiger partial charge in [0, 0.05) is 55.3 Å². The minimum Gasteiger partial charge on any atom is -0.490 e. The number of aromatic amines is 1. The highest BCUT2D eigenvalue weighted by Crippen LogP contribution is 2.28. The Morgan fingerprint density at radius 1 is 1.17 bits per heavy atom. The van der Waals surface area contributed by atoms with E-state index < -0.39 is 0 Å². The van der Waals surface area contributed by atoms with E-state index in [0.29, 0.717) is 5.88 Å². The average Bonchev–Trinajstić information content (AvgIpc) is 3.12. The molecule has 0 spiro atoms. The van der Waals surface area contributed by atoms with Crippen LogP contribution in [0.25, 0.3) is 10.9 Å². The van der Waals surface area contributed by atoms with Gasteiger partial charge in [0.1, 0.15) is 11.9 Å². The molecule has 1 saturated heterocycles. The van der Waals surface area contributed by atoms with E-state index >= 15 is 0 Å². The lowest BCUT2D eigenvalue weighted by atomic mass is 10.1. The van der Waals surface area contributed by atoms with Crippen LogP contribution >= 0.6 is 0 Å². The number of anilines is 1. The Morgan fingerprint density at radius 3 is 2.88 bits per heavy atom. The molecule has 4 rings (SSSR count). The third-order valence-corrected chi connectivity index (χ3v) is 4.40. The fourth-order valence-electron chi connectivity index (χ4n) is 3.11. The van der Waals surface area contributed by atoms with E-state index in [4.69, 9.17) is 9.47 Å². The van der Waals surface area contributed by atoms with Crippen LogP contribution in [0.2, 0.25) is 0 Å². The second-order valence-electron chi connectivity index (χ2n) is 5.90. The van der Waals surface area contributed by atoms with Crippen LogP contribution in [-0.2, 0) is 0 Å². The molecule has 6 heteroatoms. The van der Waals surface area contributed by atoms with E-state index in [0.717, 1.165) is 48.5 Å². The van der Waals surface area contributed by atoms with Crippen LogP contribution in [0, 0.1) is 0 Å². The molecule has 1 fully saturated rings. The number of piperidine rings is 1. The third kappa shape index (κ3) is 2.87. The van der Waals surface area contributed by atoms with Gasteiger partial charge in [0.2, 0.25) is 11.8 Å². The fraction of sp³-hybridized carbons (Fsp3) is 0.333. The minimum absolute atomic E-state index is 0.215. The molecular formula is C18H20N4O2. The number of nitrogens with zero attached hydrogens (tertiary/aromatic N) is 3. The standard InChI is InChI=1S/C18H20N4O2/c1-23-17-6-10-20-18(21-17)22-11-7-13(8-12-22)24-16-4-2-3-15-14(16)5-9-19-15/h2-6,9-10,13,19H,7-8,11-12H2,1H3. The van der Waals surface area contributed by atoms with Gasteiger partial charge < -0.3 is 19.4 Å². The molecule has 1 N–H and O–H groups in total. The first-order chi connectivity index (χ1) is 11.8. The Kier molecular flexibility index (Phi) is 3.94. The van der Waals surface area contributed by atoms with Crippen molar-refractivity contribution in [3.05, 3.63) is 42.7 Å². The monoisotopic (exact) mass is 324 g/mol. The summed E-state index contributed by atoms with van der Waals surface area (Å²) in [6.07, 6.45) is 5.78. The van der Waals surface area contributed by atoms with Gasteiger partial charge in [0.05, 0.1) is 7.11 Å². The van der Waals surface area contributed by atoms with Crippen molar-refractivity contribution in [1.82, 2.24) is 15.0 Å². The summed E-state index contributed by atoms with van der Waals surface area (Å²) in [6.45, 7) is 1.75. The van der Waals surface area contributed by atoms with Gasteiger partial charge in [-0.3, -0.25) is 0 Å². The lowest BCUT2D eigenvalue weighted by Gasteiger charge is -2.32. The number of hydrogen-bond acceptors (Lipinski definition) is 5. The van der Waals surface area contributed by atoms with Gasteiger partial charge in [-0.25, -0.2) is 4.98 Å². The zero-order chi connectivity index (χ0) is 16.4. The molecule has 6 nitrogen and oxygen atoms in total. The highest BCUT2D eigenvalue weighted by molar-refractivity contribution is 5.85. The van der Waals surface area contributed by atoms with Gasteiger partial charge in [0.25, 0.3) is 0 Å². The summed E-state index contributed by atoms with van der Waals surface area (Å²) in [5.74, 6) is 2.27. The Labute approximate surface area is 140 Å². The Balaban J connectivity index is 1.42. The molecule has 24 heavy (non-hydrogen) atoms. The molecular weight excluding hydrogens is 304 g/mol. The molecule has 0 amide bonds. The summed E-state index contributed by atoms with van der Waals surface area (Å²) in [4.78, 5) is 14.1. The molecule has 1 aliphatic heterocycles.